The van der Waals surface area contributed by atoms with Gasteiger partial charge in [-0.3, -0.25) is 20.2 Å². The van der Waals surface area contributed by atoms with Gasteiger partial charge in [-0.25, -0.2) is 0 Å². The topological polar surface area (TPSA) is 138 Å². The molecule has 1 aliphatic rings. The Hall–Kier alpha value is -2.90. The molecule has 0 saturated heterocycles. The van der Waals surface area contributed by atoms with Crippen molar-refractivity contribution in [2.75, 3.05) is 5.73 Å². The molecule has 116 valence electrons. The van der Waals surface area contributed by atoms with Crippen molar-refractivity contribution in [3.8, 4) is 0 Å². The summed E-state index contributed by atoms with van der Waals surface area (Å²) in [5.41, 5.74) is 8.96. The lowest BCUT2D eigenvalue weighted by molar-refractivity contribution is -0.761. The standard InChI is InChI=1S/C14H16N4O4/c1-13(2)7-11(9-3-5-10(15)6-4-9)14(17(19)20,18(21)22)8-12(13)16/h3-8H,15-16H2,1-2H3. The zero-order valence-corrected chi connectivity index (χ0v) is 12.1. The van der Waals surface area contributed by atoms with Gasteiger partial charge >= 0.3 is 5.66 Å². The molecule has 0 heterocycles. The fourth-order valence-electron chi connectivity index (χ4n) is 2.36. The number of benzene rings is 1. The Morgan fingerprint density at radius 1 is 0.955 bits per heavy atom. The first-order chi connectivity index (χ1) is 10.1. The molecule has 22 heavy (non-hydrogen) atoms. The molecule has 0 aromatic heterocycles. The molecule has 0 atom stereocenters. The lowest BCUT2D eigenvalue weighted by atomic mass is 9.76. The van der Waals surface area contributed by atoms with E-state index in [1.807, 2.05) is 0 Å². The van der Waals surface area contributed by atoms with E-state index in [1.165, 1.54) is 30.3 Å². The molecule has 0 amide bonds. The van der Waals surface area contributed by atoms with E-state index in [0.717, 1.165) is 6.08 Å². The maximum atomic E-state index is 11.5. The fourth-order valence-corrected chi connectivity index (χ4v) is 2.36. The van der Waals surface area contributed by atoms with Crippen LogP contribution in [-0.2, 0) is 0 Å². The largest absolute Gasteiger partial charge is 0.505 e. The van der Waals surface area contributed by atoms with Gasteiger partial charge in [0.1, 0.15) is 15.4 Å². The van der Waals surface area contributed by atoms with Crippen LogP contribution in [0.2, 0.25) is 0 Å². The van der Waals surface area contributed by atoms with Crippen LogP contribution in [0.5, 0.6) is 0 Å². The maximum Gasteiger partial charge on any atom is 0.505 e. The molecule has 0 saturated carbocycles. The third-order valence-corrected chi connectivity index (χ3v) is 3.78. The van der Waals surface area contributed by atoms with Crippen LogP contribution < -0.4 is 11.5 Å². The molecule has 8 heteroatoms. The lowest BCUT2D eigenvalue weighted by Gasteiger charge is -2.30. The van der Waals surface area contributed by atoms with Gasteiger partial charge in [0.2, 0.25) is 0 Å². The van der Waals surface area contributed by atoms with Gasteiger partial charge in [-0.05, 0) is 17.7 Å². The Kier molecular flexibility index (Phi) is 3.40. The minimum atomic E-state index is -2.60. The van der Waals surface area contributed by atoms with Gasteiger partial charge < -0.3 is 11.5 Å². The second-order valence-electron chi connectivity index (χ2n) is 5.74. The number of hydrogen-bond acceptors (Lipinski definition) is 6. The monoisotopic (exact) mass is 304 g/mol. The van der Waals surface area contributed by atoms with E-state index in [2.05, 4.69) is 0 Å². The van der Waals surface area contributed by atoms with Crippen molar-refractivity contribution in [1.82, 2.24) is 0 Å². The first kappa shape index (κ1) is 15.5. The van der Waals surface area contributed by atoms with E-state index < -0.39 is 20.9 Å². The highest BCUT2D eigenvalue weighted by Gasteiger charge is 2.61. The summed E-state index contributed by atoms with van der Waals surface area (Å²) in [7, 11) is 0. The Morgan fingerprint density at radius 2 is 1.45 bits per heavy atom. The summed E-state index contributed by atoms with van der Waals surface area (Å²) in [6.45, 7) is 3.47. The van der Waals surface area contributed by atoms with Crippen molar-refractivity contribution < 1.29 is 9.85 Å². The van der Waals surface area contributed by atoms with Crippen molar-refractivity contribution >= 4 is 11.3 Å². The second kappa shape index (κ2) is 4.83. The predicted molar refractivity (Wildman–Crippen MR) is 81.6 cm³/mol. The molecule has 8 nitrogen and oxygen atoms in total. The predicted octanol–water partition coefficient (Wildman–Crippen LogP) is 1.78. The van der Waals surface area contributed by atoms with Gasteiger partial charge in [0.15, 0.2) is 0 Å². The number of rotatable bonds is 3. The lowest BCUT2D eigenvalue weighted by Crippen LogP contribution is -2.49. The average molecular weight is 304 g/mol. The number of allylic oxidation sites excluding steroid dienone is 1. The van der Waals surface area contributed by atoms with Gasteiger partial charge in [-0.1, -0.05) is 32.1 Å². The quantitative estimate of drug-likeness (QED) is 0.377. The van der Waals surface area contributed by atoms with Crippen LogP contribution in [0, 0.1) is 25.6 Å². The molecule has 0 spiro atoms. The molecule has 0 fully saturated rings. The molecule has 1 aliphatic carbocycles. The highest BCUT2D eigenvalue weighted by Crippen LogP contribution is 2.43. The number of nitro groups is 2. The highest BCUT2D eigenvalue weighted by atomic mass is 16.7. The van der Waals surface area contributed by atoms with Crippen molar-refractivity contribution in [3.63, 3.8) is 0 Å². The molecule has 0 radical (unpaired) electrons. The fraction of sp³-hybridized carbons (Fsp3) is 0.286. The van der Waals surface area contributed by atoms with E-state index in [4.69, 9.17) is 11.5 Å². The summed E-state index contributed by atoms with van der Waals surface area (Å²) in [4.78, 5) is 21.2. The molecule has 4 N–H and O–H groups in total. The molecule has 0 aliphatic heterocycles. The first-order valence-corrected chi connectivity index (χ1v) is 6.48. The summed E-state index contributed by atoms with van der Waals surface area (Å²) in [5.74, 6) is 0. The van der Waals surface area contributed by atoms with E-state index in [9.17, 15) is 20.2 Å². The molecule has 0 bridgehead atoms. The Balaban J connectivity index is 2.77. The smallest absolute Gasteiger partial charge is 0.401 e. The van der Waals surface area contributed by atoms with Crippen LogP contribution in [0.15, 0.2) is 42.1 Å². The van der Waals surface area contributed by atoms with Crippen LogP contribution in [0.4, 0.5) is 5.69 Å². The summed E-state index contributed by atoms with van der Waals surface area (Å²) in [6.07, 6.45) is 2.39. The zero-order chi connectivity index (χ0) is 16.7. The maximum absolute atomic E-state index is 11.5. The molecular formula is C14H16N4O4. The van der Waals surface area contributed by atoms with Crippen LogP contribution in [0.3, 0.4) is 0 Å². The van der Waals surface area contributed by atoms with Crippen molar-refractivity contribution in [2.24, 2.45) is 11.1 Å². The third-order valence-electron chi connectivity index (χ3n) is 3.78. The van der Waals surface area contributed by atoms with Gasteiger partial charge in [0, 0.05) is 16.8 Å². The summed E-state index contributed by atoms with van der Waals surface area (Å²) < 4.78 is 0. The van der Waals surface area contributed by atoms with Crippen molar-refractivity contribution in [1.29, 1.82) is 0 Å². The van der Waals surface area contributed by atoms with Crippen molar-refractivity contribution in [2.45, 2.75) is 19.5 Å². The Morgan fingerprint density at radius 3 is 1.91 bits per heavy atom. The van der Waals surface area contributed by atoms with Gasteiger partial charge in [0.25, 0.3) is 0 Å². The average Bonchev–Trinajstić information content (AvgIpc) is 2.41. The van der Waals surface area contributed by atoms with E-state index in [0.29, 0.717) is 11.3 Å². The molecule has 1 aromatic carbocycles. The van der Waals surface area contributed by atoms with E-state index in [1.54, 1.807) is 13.8 Å². The Labute approximate surface area is 126 Å². The number of nitrogens with zero attached hydrogens (tertiary/aromatic N) is 2. The summed E-state index contributed by atoms with van der Waals surface area (Å²) >= 11 is 0. The molecular weight excluding hydrogens is 288 g/mol. The van der Waals surface area contributed by atoms with Gasteiger partial charge in [-0.2, -0.15) is 0 Å². The molecule has 2 rings (SSSR count). The highest BCUT2D eigenvalue weighted by molar-refractivity contribution is 5.76. The van der Waals surface area contributed by atoms with Crippen molar-refractivity contribution in [3.05, 3.63) is 67.9 Å². The number of hydrogen-bond donors (Lipinski definition) is 2. The van der Waals surface area contributed by atoms with E-state index >= 15 is 0 Å². The van der Waals surface area contributed by atoms with Gasteiger partial charge in [0.05, 0.1) is 6.08 Å². The van der Waals surface area contributed by atoms with Crippen LogP contribution in [0.25, 0.3) is 5.57 Å². The minimum absolute atomic E-state index is 0.0262. The Bertz CT molecular complexity index is 690. The van der Waals surface area contributed by atoms with E-state index in [-0.39, 0.29) is 11.3 Å². The van der Waals surface area contributed by atoms with Crippen LogP contribution in [0.1, 0.15) is 19.4 Å². The summed E-state index contributed by atoms with van der Waals surface area (Å²) in [6, 6.07) is 6.12. The third kappa shape index (κ3) is 2.18. The zero-order valence-electron chi connectivity index (χ0n) is 12.1. The molecule has 0 unspecified atom stereocenters. The SMILES string of the molecule is CC1(C)C=C(c2ccc(N)cc2)C([N+](=O)[O-])([N+](=O)[O-])C=C1N. The second-order valence-corrected chi connectivity index (χ2v) is 5.74. The summed E-state index contributed by atoms with van der Waals surface area (Å²) in [5, 5.41) is 23.0. The first-order valence-electron chi connectivity index (χ1n) is 6.48. The van der Waals surface area contributed by atoms with Crippen LogP contribution >= 0.6 is 0 Å². The minimum Gasteiger partial charge on any atom is -0.401 e. The molecule has 1 aromatic rings. The number of nitrogen functional groups attached to an aromatic ring is 1. The van der Waals surface area contributed by atoms with Crippen LogP contribution in [-0.4, -0.2) is 15.5 Å². The normalized spacial score (nSPS) is 19.0. The van der Waals surface area contributed by atoms with Gasteiger partial charge in [-0.15, -0.1) is 0 Å². The number of nitrogens with two attached hydrogens (primary N) is 2. The number of anilines is 1.